The Morgan fingerprint density at radius 3 is 1.33 bits per heavy atom. The first-order valence-electron chi connectivity index (χ1n) is 4.10. The van der Waals surface area contributed by atoms with Crippen molar-refractivity contribution in [2.45, 2.75) is 35.3 Å². The molecule has 0 aliphatic heterocycles. The van der Waals surface area contributed by atoms with Crippen LogP contribution in [0, 0.1) is 0 Å². The highest BCUT2D eigenvalue weighted by Gasteiger charge is 2.03. The van der Waals surface area contributed by atoms with E-state index >= 15 is 0 Å². The van der Waals surface area contributed by atoms with Crippen LogP contribution in [0.15, 0.2) is 0 Å². The zero-order valence-corrected chi connectivity index (χ0v) is 13.3. The molecule has 0 aromatic rings. The van der Waals surface area contributed by atoms with Crippen LogP contribution in [0.4, 0.5) is 0 Å². The average molecular weight is 430 g/mol. The van der Waals surface area contributed by atoms with Crippen LogP contribution >= 0.6 is 63.7 Å². The Morgan fingerprint density at radius 2 is 1.08 bits per heavy atom. The molecule has 2 atom stereocenters. The Labute approximate surface area is 109 Å². The zero-order valence-electron chi connectivity index (χ0n) is 6.91. The van der Waals surface area contributed by atoms with Crippen LogP contribution in [-0.4, -0.2) is 20.3 Å². The highest BCUT2D eigenvalue weighted by atomic mass is 79.9. The highest BCUT2D eigenvalue weighted by molar-refractivity contribution is 9.12. The van der Waals surface area contributed by atoms with Crippen LogP contribution in [0.2, 0.25) is 0 Å². The molecule has 12 heavy (non-hydrogen) atoms. The lowest BCUT2D eigenvalue weighted by Gasteiger charge is -2.07. The summed E-state index contributed by atoms with van der Waals surface area (Å²) in [6.45, 7) is 0. The molecule has 4 heteroatoms. The van der Waals surface area contributed by atoms with Gasteiger partial charge in [0.25, 0.3) is 0 Å². The molecule has 0 aromatic carbocycles. The third-order valence-corrected chi connectivity index (χ3v) is 6.48. The summed E-state index contributed by atoms with van der Waals surface area (Å²) in [7, 11) is 0. The molecule has 0 rings (SSSR count). The smallest absolute Gasteiger partial charge is 0.0242 e. The van der Waals surface area contributed by atoms with Gasteiger partial charge in [-0.2, -0.15) is 0 Å². The second-order valence-electron chi connectivity index (χ2n) is 2.79. The fourth-order valence-corrected chi connectivity index (χ4v) is 2.18. The molecule has 0 aliphatic rings. The lowest BCUT2D eigenvalue weighted by molar-refractivity contribution is 0.649. The summed E-state index contributed by atoms with van der Waals surface area (Å²) in [6, 6.07) is 0. The van der Waals surface area contributed by atoms with Gasteiger partial charge in [0, 0.05) is 20.3 Å². The summed E-state index contributed by atoms with van der Waals surface area (Å²) in [5.41, 5.74) is 0. The van der Waals surface area contributed by atoms with Gasteiger partial charge in [0.15, 0.2) is 0 Å². The molecular formula is C8H14Br4. The van der Waals surface area contributed by atoms with Gasteiger partial charge in [-0.25, -0.2) is 0 Å². The standard InChI is InChI=1S/C8H14Br4/c9-5-7(11)3-1-2-4-8(12)6-10/h7-8H,1-6H2. The predicted octanol–water partition coefficient (Wildman–Crippen LogP) is 4.86. The van der Waals surface area contributed by atoms with Crippen LogP contribution in [0.3, 0.4) is 0 Å². The van der Waals surface area contributed by atoms with Crippen LogP contribution in [0.25, 0.3) is 0 Å². The van der Waals surface area contributed by atoms with E-state index in [2.05, 4.69) is 63.7 Å². The summed E-state index contributed by atoms with van der Waals surface area (Å²) in [4.78, 5) is 1.30. The van der Waals surface area contributed by atoms with Crippen LogP contribution in [0.1, 0.15) is 25.7 Å². The van der Waals surface area contributed by atoms with E-state index in [0.717, 1.165) is 10.7 Å². The topological polar surface area (TPSA) is 0 Å². The quantitative estimate of drug-likeness (QED) is 0.400. The first-order valence-corrected chi connectivity index (χ1v) is 8.18. The SMILES string of the molecule is BrCC(Br)CCCCC(Br)CBr. The molecule has 0 amide bonds. The summed E-state index contributed by atoms with van der Waals surface area (Å²) >= 11 is 14.1. The molecule has 0 saturated carbocycles. The van der Waals surface area contributed by atoms with Crippen LogP contribution in [0.5, 0.6) is 0 Å². The van der Waals surface area contributed by atoms with Crippen molar-refractivity contribution in [2.24, 2.45) is 0 Å². The van der Waals surface area contributed by atoms with Crippen molar-refractivity contribution in [1.29, 1.82) is 0 Å². The van der Waals surface area contributed by atoms with Gasteiger partial charge in [0.05, 0.1) is 0 Å². The molecular weight excluding hydrogens is 416 g/mol. The van der Waals surface area contributed by atoms with E-state index in [9.17, 15) is 0 Å². The summed E-state index contributed by atoms with van der Waals surface area (Å²) < 4.78 is 0. The third kappa shape index (κ3) is 8.52. The maximum Gasteiger partial charge on any atom is 0.0242 e. The normalized spacial score (nSPS) is 16.0. The first kappa shape index (κ1) is 13.9. The van der Waals surface area contributed by atoms with Crippen molar-refractivity contribution < 1.29 is 0 Å². The van der Waals surface area contributed by atoms with Gasteiger partial charge in [-0.05, 0) is 12.8 Å². The van der Waals surface area contributed by atoms with E-state index in [1.807, 2.05) is 0 Å². The molecule has 0 nitrogen and oxygen atoms in total. The number of hydrogen-bond acceptors (Lipinski definition) is 0. The Kier molecular flexibility index (Phi) is 11.0. The number of hydrogen-bond donors (Lipinski definition) is 0. The number of rotatable bonds is 7. The number of unbranched alkanes of at least 4 members (excludes halogenated alkanes) is 1. The largest absolute Gasteiger partial charge is 0.0916 e. The monoisotopic (exact) mass is 426 g/mol. The average Bonchev–Trinajstić information content (AvgIpc) is 2.11. The lowest BCUT2D eigenvalue weighted by Crippen LogP contribution is -2.01. The zero-order chi connectivity index (χ0) is 9.40. The maximum atomic E-state index is 3.59. The number of alkyl halides is 4. The van der Waals surface area contributed by atoms with Gasteiger partial charge in [-0.15, -0.1) is 0 Å². The molecule has 0 bridgehead atoms. The Hall–Kier alpha value is 1.92. The second-order valence-corrected chi connectivity index (χ2v) is 6.67. The molecule has 2 unspecified atom stereocenters. The summed E-state index contributed by atoms with van der Waals surface area (Å²) in [6.07, 6.45) is 5.17. The molecule has 0 aliphatic carbocycles. The van der Waals surface area contributed by atoms with E-state index in [1.165, 1.54) is 25.7 Å². The minimum atomic E-state index is 0.648. The van der Waals surface area contributed by atoms with Crippen molar-refractivity contribution in [3.63, 3.8) is 0 Å². The van der Waals surface area contributed by atoms with Crippen molar-refractivity contribution >= 4 is 63.7 Å². The van der Waals surface area contributed by atoms with Gasteiger partial charge in [-0.1, -0.05) is 76.6 Å². The fourth-order valence-electron chi connectivity index (χ4n) is 0.886. The minimum absolute atomic E-state index is 0.648. The van der Waals surface area contributed by atoms with Crippen molar-refractivity contribution in [2.75, 3.05) is 10.7 Å². The van der Waals surface area contributed by atoms with E-state index < -0.39 is 0 Å². The predicted molar refractivity (Wildman–Crippen MR) is 71.5 cm³/mol. The van der Waals surface area contributed by atoms with Crippen LogP contribution < -0.4 is 0 Å². The molecule has 74 valence electrons. The summed E-state index contributed by atoms with van der Waals surface area (Å²) in [5, 5.41) is 2.12. The summed E-state index contributed by atoms with van der Waals surface area (Å²) in [5.74, 6) is 0. The van der Waals surface area contributed by atoms with Crippen molar-refractivity contribution in [3.05, 3.63) is 0 Å². The van der Waals surface area contributed by atoms with E-state index in [1.54, 1.807) is 0 Å². The molecule has 0 N–H and O–H groups in total. The Bertz CT molecular complexity index is 85.1. The third-order valence-electron chi connectivity index (χ3n) is 1.62. The van der Waals surface area contributed by atoms with Crippen molar-refractivity contribution in [1.82, 2.24) is 0 Å². The lowest BCUT2D eigenvalue weighted by atomic mass is 10.1. The van der Waals surface area contributed by atoms with Gasteiger partial charge < -0.3 is 0 Å². The Morgan fingerprint density at radius 1 is 0.750 bits per heavy atom. The first-order chi connectivity index (χ1) is 5.70. The van der Waals surface area contributed by atoms with Gasteiger partial charge >= 0.3 is 0 Å². The van der Waals surface area contributed by atoms with Crippen molar-refractivity contribution in [3.8, 4) is 0 Å². The minimum Gasteiger partial charge on any atom is -0.0916 e. The highest BCUT2D eigenvalue weighted by Crippen LogP contribution is 2.17. The molecule has 0 saturated heterocycles. The number of halogens is 4. The van der Waals surface area contributed by atoms with Gasteiger partial charge in [0.1, 0.15) is 0 Å². The fraction of sp³-hybridized carbons (Fsp3) is 1.00. The van der Waals surface area contributed by atoms with E-state index in [0.29, 0.717) is 9.65 Å². The van der Waals surface area contributed by atoms with Gasteiger partial charge in [-0.3, -0.25) is 0 Å². The van der Waals surface area contributed by atoms with E-state index in [4.69, 9.17) is 0 Å². The maximum absolute atomic E-state index is 3.59. The van der Waals surface area contributed by atoms with Gasteiger partial charge in [0.2, 0.25) is 0 Å². The van der Waals surface area contributed by atoms with Crippen LogP contribution in [-0.2, 0) is 0 Å². The Balaban J connectivity index is 3.10. The van der Waals surface area contributed by atoms with E-state index in [-0.39, 0.29) is 0 Å². The molecule has 0 heterocycles. The molecule has 0 spiro atoms. The molecule has 0 aromatic heterocycles. The second kappa shape index (κ2) is 9.47. The molecule has 0 fully saturated rings. The molecule has 0 radical (unpaired) electrons.